The molecule has 0 bridgehead atoms. The molecule has 1 aliphatic rings. The first-order valence-electron chi connectivity index (χ1n) is 7.15. The zero-order valence-electron chi connectivity index (χ0n) is 11.3. The van der Waals surface area contributed by atoms with Gasteiger partial charge in [0, 0.05) is 19.0 Å². The second-order valence-corrected chi connectivity index (χ2v) is 5.21. The summed E-state index contributed by atoms with van der Waals surface area (Å²) in [7, 11) is 0. The molecule has 0 radical (unpaired) electrons. The van der Waals surface area contributed by atoms with Gasteiger partial charge in [0.1, 0.15) is 17.5 Å². The van der Waals surface area contributed by atoms with Crippen LogP contribution in [0.5, 0.6) is 0 Å². The Morgan fingerprint density at radius 2 is 2.11 bits per heavy atom. The van der Waals surface area contributed by atoms with Crippen molar-refractivity contribution in [1.82, 2.24) is 9.97 Å². The van der Waals surface area contributed by atoms with Crippen LogP contribution in [0.3, 0.4) is 0 Å². The van der Waals surface area contributed by atoms with E-state index >= 15 is 0 Å². The zero-order valence-corrected chi connectivity index (χ0v) is 11.3. The predicted molar refractivity (Wildman–Crippen MR) is 75.5 cm³/mol. The van der Waals surface area contributed by atoms with Gasteiger partial charge in [-0.1, -0.05) is 32.6 Å². The number of nitrogen functional groups attached to an aromatic ring is 1. The number of nitrogens with one attached hydrogen (secondary N) is 1. The number of aryl methyl sites for hydroxylation is 1. The summed E-state index contributed by atoms with van der Waals surface area (Å²) in [6, 6.07) is 1.83. The second kappa shape index (κ2) is 6.57. The van der Waals surface area contributed by atoms with Crippen molar-refractivity contribution < 1.29 is 0 Å². The molecule has 1 aromatic heterocycles. The molecular weight excluding hydrogens is 224 g/mol. The van der Waals surface area contributed by atoms with Gasteiger partial charge >= 0.3 is 0 Å². The van der Waals surface area contributed by atoms with Crippen molar-refractivity contribution >= 4 is 11.6 Å². The molecule has 1 fully saturated rings. The number of anilines is 2. The molecule has 3 N–H and O–H groups in total. The second-order valence-electron chi connectivity index (χ2n) is 5.21. The van der Waals surface area contributed by atoms with Gasteiger partial charge in [-0.15, -0.1) is 0 Å². The van der Waals surface area contributed by atoms with Gasteiger partial charge in [0.15, 0.2) is 0 Å². The fraction of sp³-hybridized carbons (Fsp3) is 0.714. The molecule has 100 valence electrons. The number of rotatable bonds is 6. The standard InChI is InChI=1S/C14H24N4/c1-2-5-13-17-12(15)10-14(18-13)16-9-8-11-6-3-4-7-11/h10-11H,2-9H2,1H3,(H3,15,16,17,18). The number of hydrogen-bond acceptors (Lipinski definition) is 4. The first-order valence-corrected chi connectivity index (χ1v) is 7.15. The lowest BCUT2D eigenvalue weighted by molar-refractivity contribution is 0.518. The average molecular weight is 248 g/mol. The molecule has 4 heteroatoms. The van der Waals surface area contributed by atoms with Gasteiger partial charge in [-0.2, -0.15) is 0 Å². The summed E-state index contributed by atoms with van der Waals surface area (Å²) in [5, 5.41) is 3.38. The highest BCUT2D eigenvalue weighted by Crippen LogP contribution is 2.27. The Kier molecular flexibility index (Phi) is 4.79. The van der Waals surface area contributed by atoms with Crippen molar-refractivity contribution in [3.63, 3.8) is 0 Å². The molecule has 4 nitrogen and oxygen atoms in total. The fourth-order valence-electron chi connectivity index (χ4n) is 2.65. The van der Waals surface area contributed by atoms with Crippen molar-refractivity contribution in [2.24, 2.45) is 5.92 Å². The van der Waals surface area contributed by atoms with Crippen molar-refractivity contribution in [3.05, 3.63) is 11.9 Å². The van der Waals surface area contributed by atoms with Crippen molar-refractivity contribution in [2.45, 2.75) is 51.9 Å². The Morgan fingerprint density at radius 1 is 1.33 bits per heavy atom. The van der Waals surface area contributed by atoms with Gasteiger partial charge < -0.3 is 11.1 Å². The topological polar surface area (TPSA) is 63.8 Å². The Bertz CT molecular complexity index is 372. The lowest BCUT2D eigenvalue weighted by Gasteiger charge is -2.11. The summed E-state index contributed by atoms with van der Waals surface area (Å²) in [5.74, 6) is 3.20. The lowest BCUT2D eigenvalue weighted by Crippen LogP contribution is -2.10. The van der Waals surface area contributed by atoms with Crippen LogP contribution in [0.4, 0.5) is 11.6 Å². The van der Waals surface area contributed by atoms with Crippen molar-refractivity contribution in [2.75, 3.05) is 17.6 Å². The summed E-state index contributed by atoms with van der Waals surface area (Å²) in [4.78, 5) is 8.72. The molecule has 0 aromatic carbocycles. The van der Waals surface area contributed by atoms with E-state index in [-0.39, 0.29) is 0 Å². The van der Waals surface area contributed by atoms with Crippen molar-refractivity contribution in [3.8, 4) is 0 Å². The zero-order chi connectivity index (χ0) is 12.8. The van der Waals surface area contributed by atoms with Crippen LogP contribution in [0.15, 0.2) is 6.07 Å². The van der Waals surface area contributed by atoms with Gasteiger partial charge in [0.25, 0.3) is 0 Å². The smallest absolute Gasteiger partial charge is 0.133 e. The van der Waals surface area contributed by atoms with E-state index in [4.69, 9.17) is 5.73 Å². The fourth-order valence-corrected chi connectivity index (χ4v) is 2.65. The summed E-state index contributed by atoms with van der Waals surface area (Å²) in [6.45, 7) is 3.12. The summed E-state index contributed by atoms with van der Waals surface area (Å²) in [5.41, 5.74) is 5.79. The molecule has 0 unspecified atom stereocenters. The highest BCUT2D eigenvalue weighted by molar-refractivity contribution is 5.44. The van der Waals surface area contributed by atoms with Crippen LogP contribution in [0.1, 0.15) is 51.3 Å². The minimum Gasteiger partial charge on any atom is -0.384 e. The molecule has 0 saturated heterocycles. The number of hydrogen-bond donors (Lipinski definition) is 2. The summed E-state index contributed by atoms with van der Waals surface area (Å²) < 4.78 is 0. The third kappa shape index (κ3) is 3.86. The van der Waals surface area contributed by atoms with Crippen LogP contribution in [0.25, 0.3) is 0 Å². The van der Waals surface area contributed by atoms with Crippen LogP contribution in [0.2, 0.25) is 0 Å². The molecule has 1 aliphatic carbocycles. The van der Waals surface area contributed by atoms with Crippen LogP contribution < -0.4 is 11.1 Å². The maximum Gasteiger partial charge on any atom is 0.133 e. The van der Waals surface area contributed by atoms with E-state index in [1.54, 1.807) is 0 Å². The minimum atomic E-state index is 0.566. The minimum absolute atomic E-state index is 0.566. The molecule has 0 spiro atoms. The number of aromatic nitrogens is 2. The highest BCUT2D eigenvalue weighted by atomic mass is 15.0. The van der Waals surface area contributed by atoms with Crippen molar-refractivity contribution in [1.29, 1.82) is 0 Å². The Morgan fingerprint density at radius 3 is 2.83 bits per heavy atom. The lowest BCUT2D eigenvalue weighted by atomic mass is 10.0. The molecule has 0 amide bonds. The summed E-state index contributed by atoms with van der Waals surface area (Å²) >= 11 is 0. The number of nitrogens with two attached hydrogens (primary N) is 1. The molecule has 1 saturated carbocycles. The maximum atomic E-state index is 5.79. The molecule has 18 heavy (non-hydrogen) atoms. The van der Waals surface area contributed by atoms with Crippen LogP contribution in [-0.4, -0.2) is 16.5 Å². The average Bonchev–Trinajstić information content (AvgIpc) is 2.82. The van der Waals surface area contributed by atoms with Gasteiger partial charge in [-0.05, 0) is 18.8 Å². The highest BCUT2D eigenvalue weighted by Gasteiger charge is 2.14. The van der Waals surface area contributed by atoms with Crippen LogP contribution >= 0.6 is 0 Å². The van der Waals surface area contributed by atoms with Gasteiger partial charge in [-0.3, -0.25) is 0 Å². The normalized spacial score (nSPS) is 16.1. The molecular formula is C14H24N4. The number of nitrogens with zero attached hydrogens (tertiary/aromatic N) is 2. The quantitative estimate of drug-likeness (QED) is 0.812. The SMILES string of the molecule is CCCc1nc(N)cc(NCCC2CCCC2)n1. The van der Waals surface area contributed by atoms with Gasteiger partial charge in [0.05, 0.1) is 0 Å². The molecule has 0 aliphatic heterocycles. The van der Waals surface area contributed by atoms with E-state index in [2.05, 4.69) is 22.2 Å². The first kappa shape index (κ1) is 13.1. The molecule has 1 aromatic rings. The van der Waals surface area contributed by atoms with Crippen LogP contribution in [0, 0.1) is 5.92 Å². The third-order valence-corrected chi connectivity index (χ3v) is 3.60. The Hall–Kier alpha value is -1.32. The first-order chi connectivity index (χ1) is 8.78. The van der Waals surface area contributed by atoms with E-state index < -0.39 is 0 Å². The monoisotopic (exact) mass is 248 g/mol. The van der Waals surface area contributed by atoms with E-state index in [1.165, 1.54) is 32.1 Å². The van der Waals surface area contributed by atoms with E-state index in [1.807, 2.05) is 6.07 Å². The Labute approximate surface area is 109 Å². The van der Waals surface area contributed by atoms with Crippen LogP contribution in [-0.2, 0) is 6.42 Å². The third-order valence-electron chi connectivity index (χ3n) is 3.60. The Balaban J connectivity index is 1.83. The van der Waals surface area contributed by atoms with E-state index in [9.17, 15) is 0 Å². The molecule has 1 heterocycles. The maximum absolute atomic E-state index is 5.79. The predicted octanol–water partition coefficient (Wildman–Crippen LogP) is 3.00. The van der Waals surface area contributed by atoms with E-state index in [0.717, 1.165) is 36.9 Å². The van der Waals surface area contributed by atoms with E-state index in [0.29, 0.717) is 5.82 Å². The largest absolute Gasteiger partial charge is 0.384 e. The summed E-state index contributed by atoms with van der Waals surface area (Å²) in [6.07, 6.45) is 8.79. The van der Waals surface area contributed by atoms with Gasteiger partial charge in [0.2, 0.25) is 0 Å². The molecule has 0 atom stereocenters. The van der Waals surface area contributed by atoms with Gasteiger partial charge in [-0.25, -0.2) is 9.97 Å². The molecule has 2 rings (SSSR count).